The molecule has 22 heavy (non-hydrogen) atoms. The zero-order valence-electron chi connectivity index (χ0n) is 11.9. The molecular formula is C15H18Cl2N2O3. The summed E-state index contributed by atoms with van der Waals surface area (Å²) in [7, 11) is 0. The fourth-order valence-corrected chi connectivity index (χ4v) is 3.08. The number of hydrogen-bond acceptors (Lipinski definition) is 3. The van der Waals surface area contributed by atoms with Crippen LogP contribution in [0.2, 0.25) is 10.0 Å². The van der Waals surface area contributed by atoms with E-state index in [-0.39, 0.29) is 23.6 Å². The maximum absolute atomic E-state index is 12.0. The van der Waals surface area contributed by atoms with Gasteiger partial charge in [-0.25, -0.2) is 0 Å². The molecule has 1 fully saturated rings. The zero-order valence-corrected chi connectivity index (χ0v) is 13.5. The van der Waals surface area contributed by atoms with E-state index >= 15 is 0 Å². The van der Waals surface area contributed by atoms with Crippen LogP contribution in [0.3, 0.4) is 0 Å². The molecule has 2 unspecified atom stereocenters. The first kappa shape index (κ1) is 17.1. The molecule has 2 rings (SSSR count). The summed E-state index contributed by atoms with van der Waals surface area (Å²) < 4.78 is 0. The third-order valence-corrected chi connectivity index (χ3v) is 4.39. The van der Waals surface area contributed by atoms with Gasteiger partial charge in [-0.15, -0.1) is 0 Å². The first-order valence-electron chi connectivity index (χ1n) is 7.19. The second kappa shape index (κ2) is 7.81. The molecule has 0 saturated heterocycles. The van der Waals surface area contributed by atoms with E-state index in [1.165, 1.54) is 12.1 Å². The normalized spacial score (nSPS) is 21.2. The highest BCUT2D eigenvalue weighted by molar-refractivity contribution is 6.42. The van der Waals surface area contributed by atoms with Gasteiger partial charge in [0.2, 0.25) is 0 Å². The highest BCUT2D eigenvalue weighted by atomic mass is 35.5. The molecule has 2 amide bonds. The standard InChI is InChI=1S/C15H18Cl2N2O3/c16-10-5-6-13(11(17)7-10)19-15(22)14(21)18-12-4-2-1-3-9(12)8-20/h5-7,9,12,20H,1-4,8H2,(H,18,21)(H,19,22). The zero-order chi connectivity index (χ0) is 16.1. The van der Waals surface area contributed by atoms with Gasteiger partial charge >= 0.3 is 11.8 Å². The van der Waals surface area contributed by atoms with Crippen molar-refractivity contribution in [1.29, 1.82) is 0 Å². The summed E-state index contributed by atoms with van der Waals surface area (Å²) >= 11 is 11.7. The molecule has 0 aromatic heterocycles. The highest BCUT2D eigenvalue weighted by Crippen LogP contribution is 2.26. The first-order valence-corrected chi connectivity index (χ1v) is 7.94. The third-order valence-electron chi connectivity index (χ3n) is 3.85. The fraction of sp³-hybridized carbons (Fsp3) is 0.467. The Labute approximate surface area is 139 Å². The van der Waals surface area contributed by atoms with Gasteiger partial charge in [0, 0.05) is 23.6 Å². The van der Waals surface area contributed by atoms with Gasteiger partial charge in [0.25, 0.3) is 0 Å². The first-order chi connectivity index (χ1) is 10.5. The molecule has 3 N–H and O–H groups in total. The van der Waals surface area contributed by atoms with E-state index in [1.54, 1.807) is 6.07 Å². The monoisotopic (exact) mass is 344 g/mol. The Morgan fingerprint density at radius 1 is 1.18 bits per heavy atom. The number of nitrogens with one attached hydrogen (secondary N) is 2. The Morgan fingerprint density at radius 3 is 2.59 bits per heavy atom. The summed E-state index contributed by atoms with van der Waals surface area (Å²) in [4.78, 5) is 23.9. The number of aliphatic hydroxyl groups is 1. The van der Waals surface area contributed by atoms with Crippen molar-refractivity contribution in [1.82, 2.24) is 5.32 Å². The number of amides is 2. The largest absolute Gasteiger partial charge is 0.396 e. The number of hydrogen-bond donors (Lipinski definition) is 3. The summed E-state index contributed by atoms with van der Waals surface area (Å²) in [5.74, 6) is -1.51. The summed E-state index contributed by atoms with van der Waals surface area (Å²) in [5, 5.41) is 15.2. The van der Waals surface area contributed by atoms with Crippen LogP contribution in [0.5, 0.6) is 0 Å². The second-order valence-corrected chi connectivity index (χ2v) is 6.23. The number of benzene rings is 1. The molecular weight excluding hydrogens is 327 g/mol. The van der Waals surface area contributed by atoms with Gasteiger partial charge in [-0.3, -0.25) is 9.59 Å². The Bertz CT molecular complexity index is 566. The van der Waals surface area contributed by atoms with Gasteiger partial charge < -0.3 is 15.7 Å². The van der Waals surface area contributed by atoms with Crippen molar-refractivity contribution in [2.45, 2.75) is 31.7 Å². The Kier molecular flexibility index (Phi) is 6.06. The molecule has 0 aliphatic heterocycles. The smallest absolute Gasteiger partial charge is 0.313 e. The lowest BCUT2D eigenvalue weighted by Crippen LogP contribution is -2.47. The fourth-order valence-electron chi connectivity index (χ4n) is 2.62. The quantitative estimate of drug-likeness (QED) is 0.737. The van der Waals surface area contributed by atoms with E-state index in [9.17, 15) is 14.7 Å². The predicted octanol–water partition coefficient (Wildman–Crippen LogP) is 2.60. The molecule has 1 aliphatic carbocycles. The van der Waals surface area contributed by atoms with Crippen LogP contribution >= 0.6 is 23.2 Å². The van der Waals surface area contributed by atoms with Crippen molar-refractivity contribution in [3.8, 4) is 0 Å². The van der Waals surface area contributed by atoms with E-state index in [0.29, 0.717) is 10.7 Å². The van der Waals surface area contributed by atoms with Crippen molar-refractivity contribution in [3.05, 3.63) is 28.2 Å². The molecule has 1 aliphatic rings. The second-order valence-electron chi connectivity index (χ2n) is 5.39. The predicted molar refractivity (Wildman–Crippen MR) is 86.1 cm³/mol. The maximum atomic E-state index is 12.0. The molecule has 1 saturated carbocycles. The van der Waals surface area contributed by atoms with Crippen molar-refractivity contribution < 1.29 is 14.7 Å². The average Bonchev–Trinajstić information content (AvgIpc) is 2.50. The van der Waals surface area contributed by atoms with Crippen LogP contribution in [0.25, 0.3) is 0 Å². The Morgan fingerprint density at radius 2 is 1.91 bits per heavy atom. The van der Waals surface area contributed by atoms with E-state index < -0.39 is 11.8 Å². The summed E-state index contributed by atoms with van der Waals surface area (Å²) in [5.41, 5.74) is 0.327. The minimum atomic E-state index is -0.786. The number of carbonyl (C=O) groups is 2. The number of halogens is 2. The lowest BCUT2D eigenvalue weighted by atomic mass is 9.85. The minimum absolute atomic E-state index is 0.00428. The summed E-state index contributed by atoms with van der Waals surface area (Å²) in [6, 6.07) is 4.42. The number of carbonyl (C=O) groups excluding carboxylic acids is 2. The van der Waals surface area contributed by atoms with Gasteiger partial charge in [-0.1, -0.05) is 36.0 Å². The van der Waals surface area contributed by atoms with Crippen molar-refractivity contribution in [2.75, 3.05) is 11.9 Å². The van der Waals surface area contributed by atoms with Crippen LogP contribution in [0.1, 0.15) is 25.7 Å². The van der Waals surface area contributed by atoms with Gasteiger partial charge in [0.15, 0.2) is 0 Å². The van der Waals surface area contributed by atoms with Crippen LogP contribution in [0.15, 0.2) is 18.2 Å². The lowest BCUT2D eigenvalue weighted by Gasteiger charge is -2.30. The van der Waals surface area contributed by atoms with Crippen LogP contribution in [-0.2, 0) is 9.59 Å². The van der Waals surface area contributed by atoms with Gasteiger partial charge in [-0.05, 0) is 31.0 Å². The minimum Gasteiger partial charge on any atom is -0.396 e. The van der Waals surface area contributed by atoms with Crippen molar-refractivity contribution in [2.24, 2.45) is 5.92 Å². The van der Waals surface area contributed by atoms with Gasteiger partial charge in [0.1, 0.15) is 0 Å². The van der Waals surface area contributed by atoms with Crippen LogP contribution in [-0.4, -0.2) is 29.6 Å². The maximum Gasteiger partial charge on any atom is 0.313 e. The topological polar surface area (TPSA) is 78.4 Å². The molecule has 1 aromatic carbocycles. The number of rotatable bonds is 3. The molecule has 5 nitrogen and oxygen atoms in total. The average molecular weight is 345 g/mol. The molecule has 0 spiro atoms. The summed E-state index contributed by atoms with van der Waals surface area (Å²) in [6.45, 7) is 0.00950. The number of aliphatic hydroxyl groups excluding tert-OH is 1. The van der Waals surface area contributed by atoms with Crippen LogP contribution in [0.4, 0.5) is 5.69 Å². The van der Waals surface area contributed by atoms with E-state index in [0.717, 1.165) is 25.7 Å². The lowest BCUT2D eigenvalue weighted by molar-refractivity contribution is -0.137. The van der Waals surface area contributed by atoms with Crippen LogP contribution in [0, 0.1) is 5.92 Å². The Hall–Kier alpha value is -1.30. The van der Waals surface area contributed by atoms with E-state index in [4.69, 9.17) is 23.2 Å². The summed E-state index contributed by atoms with van der Waals surface area (Å²) in [6.07, 6.45) is 3.63. The third kappa shape index (κ3) is 4.35. The van der Waals surface area contributed by atoms with Gasteiger partial charge in [0.05, 0.1) is 10.7 Å². The molecule has 0 radical (unpaired) electrons. The van der Waals surface area contributed by atoms with Gasteiger partial charge in [-0.2, -0.15) is 0 Å². The van der Waals surface area contributed by atoms with Crippen molar-refractivity contribution >= 4 is 40.7 Å². The molecule has 1 aromatic rings. The Balaban J connectivity index is 1.95. The van der Waals surface area contributed by atoms with E-state index in [2.05, 4.69) is 10.6 Å². The van der Waals surface area contributed by atoms with Crippen LogP contribution < -0.4 is 10.6 Å². The highest BCUT2D eigenvalue weighted by Gasteiger charge is 2.28. The molecule has 7 heteroatoms. The van der Waals surface area contributed by atoms with E-state index in [1.807, 2.05) is 0 Å². The molecule has 0 bridgehead atoms. The molecule has 2 atom stereocenters. The number of anilines is 1. The SMILES string of the molecule is O=C(Nc1ccc(Cl)cc1Cl)C(=O)NC1CCCCC1CO. The molecule has 0 heterocycles. The molecule has 120 valence electrons. The van der Waals surface area contributed by atoms with Crippen molar-refractivity contribution in [3.63, 3.8) is 0 Å².